The van der Waals surface area contributed by atoms with Gasteiger partial charge in [-0.05, 0) is 95.1 Å². The molecule has 0 fully saturated rings. The molecule has 6 aromatic rings. The maximum atomic E-state index is 2.44. The zero-order valence-corrected chi connectivity index (χ0v) is 23.0. The van der Waals surface area contributed by atoms with E-state index in [1.54, 1.807) is 0 Å². The van der Waals surface area contributed by atoms with Crippen molar-refractivity contribution in [3.8, 4) is 11.1 Å². The van der Waals surface area contributed by atoms with Crippen molar-refractivity contribution in [2.75, 3.05) is 0 Å². The van der Waals surface area contributed by atoms with Gasteiger partial charge in [-0.25, -0.2) is 0 Å². The third-order valence-electron chi connectivity index (χ3n) is 8.34. The highest BCUT2D eigenvalue weighted by Crippen LogP contribution is 2.47. The molecule has 0 aromatic heterocycles. The minimum atomic E-state index is -0.357. The minimum absolute atomic E-state index is 0.357. The Morgan fingerprint density at radius 3 is 1.39 bits per heavy atom. The van der Waals surface area contributed by atoms with Crippen molar-refractivity contribution in [3.63, 3.8) is 0 Å². The predicted octanol–water partition coefficient (Wildman–Crippen LogP) is 10.2. The topological polar surface area (TPSA) is 0 Å². The summed E-state index contributed by atoms with van der Waals surface area (Å²) < 4.78 is 0. The van der Waals surface area contributed by atoms with Gasteiger partial charge in [0, 0.05) is 5.41 Å². The molecule has 0 radical (unpaired) electrons. The molecular weight excluding hydrogens is 456 g/mol. The average Bonchev–Trinajstić information content (AvgIpc) is 2.93. The largest absolute Gasteiger partial charge is 0.0622 e. The molecule has 0 spiro atoms. The van der Waals surface area contributed by atoms with E-state index in [1.807, 2.05) is 0 Å². The highest BCUT2D eigenvalue weighted by molar-refractivity contribution is 5.94. The van der Waals surface area contributed by atoms with Gasteiger partial charge in [0.15, 0.2) is 0 Å². The van der Waals surface area contributed by atoms with E-state index in [0.717, 1.165) is 0 Å². The zero-order valence-electron chi connectivity index (χ0n) is 23.0. The summed E-state index contributed by atoms with van der Waals surface area (Å²) in [6.45, 7) is 11.4. The summed E-state index contributed by atoms with van der Waals surface area (Å²) in [6, 6.07) is 42.8. The normalized spacial score (nSPS) is 11.8. The average molecular weight is 491 g/mol. The Balaban J connectivity index is 1.72. The number of fused-ring (bicyclic) bond motifs is 2. The van der Waals surface area contributed by atoms with Crippen LogP contribution in [-0.4, -0.2) is 0 Å². The van der Waals surface area contributed by atoms with E-state index in [1.165, 1.54) is 71.6 Å². The predicted molar refractivity (Wildman–Crippen MR) is 164 cm³/mol. The van der Waals surface area contributed by atoms with E-state index in [0.29, 0.717) is 0 Å². The number of benzene rings is 6. The maximum Gasteiger partial charge on any atom is 0.0440 e. The van der Waals surface area contributed by atoms with Gasteiger partial charge in [0.1, 0.15) is 0 Å². The summed E-state index contributed by atoms with van der Waals surface area (Å²) in [7, 11) is 0. The number of hydrogen-bond donors (Lipinski definition) is 0. The molecule has 0 saturated carbocycles. The molecule has 6 aromatic carbocycles. The van der Waals surface area contributed by atoms with Crippen LogP contribution in [0.2, 0.25) is 0 Å². The molecule has 38 heavy (non-hydrogen) atoms. The van der Waals surface area contributed by atoms with Gasteiger partial charge in [-0.1, -0.05) is 126 Å². The van der Waals surface area contributed by atoms with E-state index in [-0.39, 0.29) is 5.41 Å². The summed E-state index contributed by atoms with van der Waals surface area (Å²) in [6.07, 6.45) is 0. The summed E-state index contributed by atoms with van der Waals surface area (Å²) in [5.74, 6) is 0. The summed E-state index contributed by atoms with van der Waals surface area (Å²) in [5, 5.41) is 5.25. The fourth-order valence-electron chi connectivity index (χ4n) is 6.45. The van der Waals surface area contributed by atoms with Crippen LogP contribution in [0.4, 0.5) is 0 Å². The third kappa shape index (κ3) is 3.92. The maximum absolute atomic E-state index is 2.44. The first kappa shape index (κ1) is 24.2. The van der Waals surface area contributed by atoms with Gasteiger partial charge in [-0.15, -0.1) is 0 Å². The Bertz CT molecular complexity index is 1690. The molecule has 186 valence electrons. The molecule has 0 aliphatic carbocycles. The second kappa shape index (κ2) is 9.30. The fourth-order valence-corrected chi connectivity index (χ4v) is 6.45. The molecule has 0 amide bonds. The summed E-state index contributed by atoms with van der Waals surface area (Å²) >= 11 is 0. The Labute approximate surface area is 226 Å². The zero-order chi connectivity index (χ0) is 26.4. The molecule has 0 atom stereocenters. The molecule has 0 aliphatic heterocycles. The van der Waals surface area contributed by atoms with Crippen LogP contribution in [0.25, 0.3) is 32.7 Å². The monoisotopic (exact) mass is 490 g/mol. The van der Waals surface area contributed by atoms with Gasteiger partial charge >= 0.3 is 0 Å². The Morgan fingerprint density at radius 1 is 0.447 bits per heavy atom. The van der Waals surface area contributed by atoms with Crippen molar-refractivity contribution < 1.29 is 0 Å². The Morgan fingerprint density at radius 2 is 0.895 bits per heavy atom. The van der Waals surface area contributed by atoms with E-state index in [4.69, 9.17) is 0 Å². The van der Waals surface area contributed by atoms with E-state index in [2.05, 4.69) is 150 Å². The van der Waals surface area contributed by atoms with E-state index < -0.39 is 0 Å². The van der Waals surface area contributed by atoms with Crippen LogP contribution >= 0.6 is 0 Å². The van der Waals surface area contributed by atoms with Gasteiger partial charge in [0.05, 0.1) is 0 Å². The van der Waals surface area contributed by atoms with Gasteiger partial charge in [-0.3, -0.25) is 0 Å². The second-order valence-electron chi connectivity index (χ2n) is 11.0. The fraction of sp³-hybridized carbons (Fsp3) is 0.158. The standard InChI is InChI=1S/C38H34/c1-25-11-15-31-17-13-27(3)36(34(31)23-25)38(5,33-21-19-30(20-22-33)29-9-7-6-8-10-29)37-28(4)14-18-32-16-12-26(2)24-35(32)37/h6-24H,1-5H3. The molecule has 0 aliphatic rings. The Kier molecular flexibility index (Phi) is 5.92. The first-order valence-electron chi connectivity index (χ1n) is 13.5. The van der Waals surface area contributed by atoms with Gasteiger partial charge in [-0.2, -0.15) is 0 Å². The second-order valence-corrected chi connectivity index (χ2v) is 11.0. The lowest BCUT2D eigenvalue weighted by Gasteiger charge is -2.37. The molecular formula is C38H34. The summed E-state index contributed by atoms with van der Waals surface area (Å²) in [5.41, 5.74) is 11.4. The SMILES string of the molecule is Cc1ccc2ccc(C)c(C(C)(c3ccc(-c4ccccc4)cc3)c3c(C)ccc4ccc(C)cc34)c2c1. The van der Waals surface area contributed by atoms with Gasteiger partial charge in [0.2, 0.25) is 0 Å². The molecule has 0 N–H and O–H groups in total. The number of rotatable bonds is 4. The van der Waals surface area contributed by atoms with Crippen molar-refractivity contribution in [2.24, 2.45) is 0 Å². The number of hydrogen-bond acceptors (Lipinski definition) is 0. The quantitative estimate of drug-likeness (QED) is 0.216. The van der Waals surface area contributed by atoms with Crippen molar-refractivity contribution in [2.45, 2.75) is 40.0 Å². The minimum Gasteiger partial charge on any atom is -0.0622 e. The van der Waals surface area contributed by atoms with E-state index in [9.17, 15) is 0 Å². The molecule has 6 rings (SSSR count). The van der Waals surface area contributed by atoms with Crippen molar-refractivity contribution in [1.29, 1.82) is 0 Å². The van der Waals surface area contributed by atoms with E-state index >= 15 is 0 Å². The lowest BCUT2D eigenvalue weighted by Crippen LogP contribution is -2.28. The summed E-state index contributed by atoms with van der Waals surface area (Å²) in [4.78, 5) is 0. The van der Waals surface area contributed by atoms with Crippen LogP contribution in [-0.2, 0) is 5.41 Å². The van der Waals surface area contributed by atoms with Gasteiger partial charge in [0.25, 0.3) is 0 Å². The molecule has 0 heterocycles. The molecule has 0 saturated heterocycles. The van der Waals surface area contributed by atoms with Crippen molar-refractivity contribution in [1.82, 2.24) is 0 Å². The lowest BCUT2D eigenvalue weighted by molar-refractivity contribution is 0.695. The van der Waals surface area contributed by atoms with Crippen molar-refractivity contribution >= 4 is 21.5 Å². The van der Waals surface area contributed by atoms with Crippen LogP contribution in [0.3, 0.4) is 0 Å². The van der Waals surface area contributed by atoms with Crippen LogP contribution in [0, 0.1) is 27.7 Å². The Hall–Kier alpha value is -4.16. The van der Waals surface area contributed by atoms with Crippen LogP contribution in [0.5, 0.6) is 0 Å². The third-order valence-corrected chi connectivity index (χ3v) is 8.34. The molecule has 0 bridgehead atoms. The van der Waals surface area contributed by atoms with Crippen LogP contribution in [0.1, 0.15) is 45.9 Å². The van der Waals surface area contributed by atoms with Crippen LogP contribution in [0.15, 0.2) is 115 Å². The first-order valence-corrected chi connectivity index (χ1v) is 13.5. The smallest absolute Gasteiger partial charge is 0.0440 e. The van der Waals surface area contributed by atoms with Gasteiger partial charge < -0.3 is 0 Å². The first-order chi connectivity index (χ1) is 18.4. The van der Waals surface area contributed by atoms with Crippen LogP contribution < -0.4 is 0 Å². The highest BCUT2D eigenvalue weighted by Gasteiger charge is 2.36. The lowest BCUT2D eigenvalue weighted by atomic mass is 9.65. The van der Waals surface area contributed by atoms with Crippen molar-refractivity contribution in [3.05, 3.63) is 154 Å². The molecule has 0 nitrogen and oxygen atoms in total. The number of aryl methyl sites for hydroxylation is 4. The highest BCUT2D eigenvalue weighted by atomic mass is 14.4. The molecule has 0 heteroatoms. The molecule has 0 unspecified atom stereocenters.